The van der Waals surface area contributed by atoms with Crippen LogP contribution >= 0.6 is 15.9 Å². The van der Waals surface area contributed by atoms with Gasteiger partial charge in [0.05, 0.1) is 16.3 Å². The smallest absolute Gasteiger partial charge is 0.228 e. The maximum absolute atomic E-state index is 13.3. The number of carbonyl (C=O) groups is 2. The van der Waals surface area contributed by atoms with E-state index in [9.17, 15) is 18.0 Å². The fourth-order valence-electron chi connectivity index (χ4n) is 4.41. The van der Waals surface area contributed by atoms with Crippen LogP contribution in [0.15, 0.2) is 45.8 Å². The Morgan fingerprint density at radius 3 is 2.55 bits per heavy atom. The van der Waals surface area contributed by atoms with Gasteiger partial charge in [0.15, 0.2) is 9.84 Å². The number of halogens is 1. The largest absolute Gasteiger partial charge is 0.312 e. The van der Waals surface area contributed by atoms with Gasteiger partial charge in [-0.05, 0) is 48.6 Å². The molecule has 0 radical (unpaired) electrons. The zero-order valence-corrected chi connectivity index (χ0v) is 19.8. The number of hydrogen-bond donors (Lipinski definition) is 0. The van der Waals surface area contributed by atoms with E-state index < -0.39 is 9.84 Å². The zero-order valence-electron chi connectivity index (χ0n) is 17.4. The molecule has 0 saturated heterocycles. The van der Waals surface area contributed by atoms with Gasteiger partial charge < -0.3 is 9.80 Å². The van der Waals surface area contributed by atoms with Gasteiger partial charge in [-0.2, -0.15) is 0 Å². The lowest BCUT2D eigenvalue weighted by molar-refractivity contribution is -0.119. The van der Waals surface area contributed by atoms with Crippen LogP contribution in [0.25, 0.3) is 0 Å². The average Bonchev–Trinajstić information content (AvgIpc) is 3.19. The number of aryl methyl sites for hydroxylation is 1. The monoisotopic (exact) mass is 504 g/mol. The minimum absolute atomic E-state index is 0.0975. The Labute approximate surface area is 191 Å². The van der Waals surface area contributed by atoms with E-state index in [-0.39, 0.29) is 28.9 Å². The van der Waals surface area contributed by atoms with Gasteiger partial charge in [0.1, 0.15) is 0 Å². The van der Waals surface area contributed by atoms with E-state index in [1.54, 1.807) is 22.8 Å². The van der Waals surface area contributed by atoms with Crippen LogP contribution < -0.4 is 9.80 Å². The van der Waals surface area contributed by atoms with Crippen LogP contribution in [0.1, 0.15) is 37.3 Å². The molecular weight excluding hydrogens is 480 g/mol. The number of carbonyl (C=O) groups excluding carboxylic acids is 2. The molecule has 0 unspecified atom stereocenters. The summed E-state index contributed by atoms with van der Waals surface area (Å²) in [4.78, 5) is 28.7. The first-order valence-electron chi connectivity index (χ1n) is 10.6. The maximum atomic E-state index is 13.3. The third-order valence-electron chi connectivity index (χ3n) is 5.93. The summed E-state index contributed by atoms with van der Waals surface area (Å²) in [5.41, 5.74) is 3.31. The molecule has 2 aromatic carbocycles. The normalized spacial score (nSPS) is 15.5. The summed E-state index contributed by atoms with van der Waals surface area (Å²) in [6, 6.07) is 11.2. The minimum atomic E-state index is -3.77. The van der Waals surface area contributed by atoms with Crippen molar-refractivity contribution >= 4 is 49.0 Å². The number of rotatable bonds is 5. The molecule has 2 aliphatic heterocycles. The summed E-state index contributed by atoms with van der Waals surface area (Å²) in [5.74, 6) is -0.580. The van der Waals surface area contributed by atoms with E-state index in [2.05, 4.69) is 15.9 Å². The molecular formula is C23H25BrN2O4S. The summed E-state index contributed by atoms with van der Waals surface area (Å²) in [6.45, 7) is 2.84. The lowest BCUT2D eigenvalue weighted by Crippen LogP contribution is -2.36. The van der Waals surface area contributed by atoms with E-state index >= 15 is 0 Å². The molecule has 4 rings (SSSR count). The van der Waals surface area contributed by atoms with Crippen molar-refractivity contribution in [1.29, 1.82) is 0 Å². The second-order valence-corrected chi connectivity index (χ2v) is 10.9. The van der Waals surface area contributed by atoms with E-state index in [1.165, 1.54) is 0 Å². The van der Waals surface area contributed by atoms with Crippen LogP contribution in [0.3, 0.4) is 0 Å². The van der Waals surface area contributed by atoms with Crippen LogP contribution in [0, 0.1) is 0 Å². The highest BCUT2D eigenvalue weighted by Crippen LogP contribution is 2.38. The third-order valence-corrected chi connectivity index (χ3v) is 8.11. The lowest BCUT2D eigenvalue weighted by Gasteiger charge is -2.29. The highest BCUT2D eigenvalue weighted by atomic mass is 79.9. The molecule has 0 N–H and O–H groups in total. The Kier molecular flexibility index (Phi) is 6.21. The molecule has 0 bridgehead atoms. The number of para-hydroxylation sites is 1. The second-order valence-electron chi connectivity index (χ2n) is 7.91. The Morgan fingerprint density at radius 2 is 1.77 bits per heavy atom. The molecule has 0 aromatic heterocycles. The first-order valence-corrected chi connectivity index (χ1v) is 13.0. The van der Waals surface area contributed by atoms with Gasteiger partial charge in [-0.1, -0.05) is 41.1 Å². The topological polar surface area (TPSA) is 74.8 Å². The summed E-state index contributed by atoms with van der Waals surface area (Å²) < 4.78 is 27.3. The van der Waals surface area contributed by atoms with Gasteiger partial charge in [-0.15, -0.1) is 0 Å². The number of amides is 2. The highest BCUT2D eigenvalue weighted by molar-refractivity contribution is 9.10. The molecule has 0 spiro atoms. The van der Waals surface area contributed by atoms with Crippen molar-refractivity contribution < 1.29 is 18.0 Å². The fourth-order valence-corrected chi connectivity index (χ4v) is 6.57. The van der Waals surface area contributed by atoms with Gasteiger partial charge in [0.2, 0.25) is 11.8 Å². The van der Waals surface area contributed by atoms with Crippen molar-refractivity contribution in [2.75, 3.05) is 28.6 Å². The van der Waals surface area contributed by atoms with Crippen LogP contribution in [0.4, 0.5) is 11.4 Å². The van der Waals surface area contributed by atoms with E-state index in [4.69, 9.17) is 0 Å². The minimum Gasteiger partial charge on any atom is -0.312 e. The number of hydrogen-bond acceptors (Lipinski definition) is 4. The first kappa shape index (κ1) is 22.0. The molecule has 2 aromatic rings. The standard InChI is InChI=1S/C23H25BrN2O4S/c1-2-21(27)26-12-9-17-14-18(24)15-20(23(17)26)31(29,30)13-10-22(28)25-11-5-7-16-6-3-4-8-19(16)25/h3-4,6,8,14-15H,2,5,7,9-13H2,1H3. The molecule has 2 heterocycles. The third kappa shape index (κ3) is 4.28. The number of fused-ring (bicyclic) bond motifs is 2. The molecule has 0 aliphatic carbocycles. The van der Waals surface area contributed by atoms with Crippen LogP contribution in [-0.2, 0) is 32.3 Å². The first-order chi connectivity index (χ1) is 14.8. The predicted molar refractivity (Wildman–Crippen MR) is 124 cm³/mol. The molecule has 2 aliphatic rings. The fraction of sp³-hybridized carbons (Fsp3) is 0.391. The predicted octanol–water partition coefficient (Wildman–Crippen LogP) is 3.89. The molecule has 0 atom stereocenters. The van der Waals surface area contributed by atoms with Crippen LogP contribution in [0.2, 0.25) is 0 Å². The van der Waals surface area contributed by atoms with Crippen molar-refractivity contribution in [1.82, 2.24) is 0 Å². The van der Waals surface area contributed by atoms with Gasteiger partial charge in [-0.3, -0.25) is 9.59 Å². The van der Waals surface area contributed by atoms with Crippen molar-refractivity contribution in [2.45, 2.75) is 43.9 Å². The van der Waals surface area contributed by atoms with Gasteiger partial charge in [0, 0.05) is 36.1 Å². The molecule has 31 heavy (non-hydrogen) atoms. The Hall–Kier alpha value is -2.19. The highest BCUT2D eigenvalue weighted by Gasteiger charge is 2.33. The second kappa shape index (κ2) is 8.74. The summed E-state index contributed by atoms with van der Waals surface area (Å²) in [7, 11) is -3.77. The molecule has 0 saturated carbocycles. The van der Waals surface area contributed by atoms with Crippen molar-refractivity contribution in [2.24, 2.45) is 0 Å². The SMILES string of the molecule is CCC(=O)N1CCc2cc(Br)cc(S(=O)(=O)CCC(=O)N3CCCc4ccccc43)c21. The number of benzene rings is 2. The lowest BCUT2D eigenvalue weighted by atomic mass is 10.0. The number of sulfone groups is 1. The van der Waals surface area contributed by atoms with Crippen molar-refractivity contribution in [3.05, 3.63) is 52.0 Å². The molecule has 164 valence electrons. The van der Waals surface area contributed by atoms with Gasteiger partial charge in [-0.25, -0.2) is 8.42 Å². The molecule has 8 heteroatoms. The average molecular weight is 505 g/mol. The number of anilines is 2. The van der Waals surface area contributed by atoms with E-state index in [0.717, 1.165) is 29.7 Å². The van der Waals surface area contributed by atoms with Crippen molar-refractivity contribution in [3.8, 4) is 0 Å². The molecule has 0 fully saturated rings. The Balaban J connectivity index is 1.58. The summed E-state index contributed by atoms with van der Waals surface area (Å²) >= 11 is 3.40. The van der Waals surface area contributed by atoms with E-state index in [0.29, 0.717) is 36.1 Å². The summed E-state index contributed by atoms with van der Waals surface area (Å²) in [5, 5.41) is 0. The Morgan fingerprint density at radius 1 is 1.00 bits per heavy atom. The Bertz CT molecular complexity index is 1150. The van der Waals surface area contributed by atoms with E-state index in [1.807, 2.05) is 30.3 Å². The number of nitrogens with zero attached hydrogens (tertiary/aromatic N) is 2. The van der Waals surface area contributed by atoms with Crippen LogP contribution in [0.5, 0.6) is 0 Å². The summed E-state index contributed by atoms with van der Waals surface area (Å²) in [6.07, 6.45) is 2.61. The van der Waals surface area contributed by atoms with Gasteiger partial charge >= 0.3 is 0 Å². The molecule has 2 amide bonds. The zero-order chi connectivity index (χ0) is 22.2. The quantitative estimate of drug-likeness (QED) is 0.618. The molecule has 6 nitrogen and oxygen atoms in total. The maximum Gasteiger partial charge on any atom is 0.228 e. The van der Waals surface area contributed by atoms with Crippen molar-refractivity contribution in [3.63, 3.8) is 0 Å². The van der Waals surface area contributed by atoms with Crippen LogP contribution in [-0.4, -0.2) is 39.1 Å². The van der Waals surface area contributed by atoms with Gasteiger partial charge in [0.25, 0.3) is 0 Å².